The molecular formula is C9H15NO5. The van der Waals surface area contributed by atoms with Crippen molar-refractivity contribution in [1.29, 1.82) is 0 Å². The van der Waals surface area contributed by atoms with E-state index in [-0.39, 0.29) is 12.8 Å². The summed E-state index contributed by atoms with van der Waals surface area (Å²) in [6, 6.07) is -0.698. The fourth-order valence-electron chi connectivity index (χ4n) is 0.957. The summed E-state index contributed by atoms with van der Waals surface area (Å²) in [4.78, 5) is 32.4. The number of carboxylic acid groups (broad SMARTS) is 1. The number of aliphatic carboxylic acids is 1. The Morgan fingerprint density at radius 2 is 1.93 bits per heavy atom. The van der Waals surface area contributed by atoms with Crippen LogP contribution in [0.3, 0.4) is 0 Å². The summed E-state index contributed by atoms with van der Waals surface area (Å²) in [7, 11) is 1.23. The molecule has 86 valence electrons. The monoisotopic (exact) mass is 217 g/mol. The molecule has 0 aromatic carbocycles. The van der Waals surface area contributed by atoms with Gasteiger partial charge in [0.1, 0.15) is 6.04 Å². The number of methoxy groups -OCH3 is 1. The third-order valence-electron chi connectivity index (χ3n) is 1.80. The van der Waals surface area contributed by atoms with Crippen LogP contribution >= 0.6 is 0 Å². The van der Waals surface area contributed by atoms with Gasteiger partial charge in [-0.05, 0) is 6.42 Å². The highest BCUT2D eigenvalue weighted by Gasteiger charge is 2.19. The van der Waals surface area contributed by atoms with E-state index in [1.165, 1.54) is 7.11 Å². The minimum Gasteiger partial charge on any atom is -0.481 e. The number of amides is 1. The maximum absolute atomic E-state index is 11.2. The van der Waals surface area contributed by atoms with Gasteiger partial charge in [-0.25, -0.2) is 4.79 Å². The number of carboxylic acids is 1. The molecular weight excluding hydrogens is 202 g/mol. The highest BCUT2D eigenvalue weighted by atomic mass is 16.5. The van der Waals surface area contributed by atoms with Crippen LogP contribution in [0.25, 0.3) is 0 Å². The normalized spacial score (nSPS) is 11.6. The van der Waals surface area contributed by atoms with Gasteiger partial charge in [0.15, 0.2) is 0 Å². The van der Waals surface area contributed by atoms with Crippen molar-refractivity contribution in [2.24, 2.45) is 0 Å². The molecule has 1 amide bonds. The number of hydrogen-bond donors (Lipinski definition) is 2. The molecule has 0 bridgehead atoms. The lowest BCUT2D eigenvalue weighted by Gasteiger charge is -2.13. The van der Waals surface area contributed by atoms with Crippen LogP contribution in [0.1, 0.15) is 26.2 Å². The molecule has 1 atom stereocenters. The van der Waals surface area contributed by atoms with Gasteiger partial charge in [0, 0.05) is 6.42 Å². The molecule has 0 heterocycles. The predicted molar refractivity (Wildman–Crippen MR) is 51.1 cm³/mol. The molecule has 0 fully saturated rings. The summed E-state index contributed by atoms with van der Waals surface area (Å²) in [5, 5.41) is 10.7. The second-order valence-corrected chi connectivity index (χ2v) is 2.95. The zero-order valence-corrected chi connectivity index (χ0v) is 8.78. The van der Waals surface area contributed by atoms with Gasteiger partial charge in [0.05, 0.1) is 13.5 Å². The van der Waals surface area contributed by atoms with E-state index in [2.05, 4.69) is 10.1 Å². The van der Waals surface area contributed by atoms with Crippen LogP contribution in [0.5, 0.6) is 0 Å². The summed E-state index contributed by atoms with van der Waals surface area (Å²) in [5.74, 6) is -2.04. The van der Waals surface area contributed by atoms with Crippen molar-refractivity contribution in [3.63, 3.8) is 0 Å². The topological polar surface area (TPSA) is 92.7 Å². The lowest BCUT2D eigenvalue weighted by Crippen LogP contribution is -2.41. The average Bonchev–Trinajstić information content (AvgIpc) is 2.21. The SMILES string of the molecule is CCC(NC(=O)CCC(=O)O)C(=O)OC. The number of hydrogen-bond acceptors (Lipinski definition) is 4. The van der Waals surface area contributed by atoms with Crippen molar-refractivity contribution < 1.29 is 24.2 Å². The first-order valence-electron chi connectivity index (χ1n) is 4.60. The van der Waals surface area contributed by atoms with E-state index in [9.17, 15) is 14.4 Å². The summed E-state index contributed by atoms with van der Waals surface area (Å²) in [6.45, 7) is 1.72. The van der Waals surface area contributed by atoms with Crippen molar-refractivity contribution in [2.45, 2.75) is 32.2 Å². The minimum absolute atomic E-state index is 0.136. The molecule has 2 N–H and O–H groups in total. The second-order valence-electron chi connectivity index (χ2n) is 2.95. The number of carbonyl (C=O) groups is 3. The fraction of sp³-hybridized carbons (Fsp3) is 0.667. The van der Waals surface area contributed by atoms with E-state index in [0.29, 0.717) is 6.42 Å². The molecule has 6 nitrogen and oxygen atoms in total. The zero-order chi connectivity index (χ0) is 11.8. The standard InChI is InChI=1S/C9H15NO5/c1-3-6(9(14)15-2)10-7(11)4-5-8(12)13/h6H,3-5H2,1-2H3,(H,10,11)(H,12,13). The average molecular weight is 217 g/mol. The first kappa shape index (κ1) is 13.4. The lowest BCUT2D eigenvalue weighted by atomic mass is 10.2. The van der Waals surface area contributed by atoms with Gasteiger partial charge in [-0.2, -0.15) is 0 Å². The van der Waals surface area contributed by atoms with Crippen LogP contribution in [0, 0.1) is 0 Å². The molecule has 0 spiro atoms. The van der Waals surface area contributed by atoms with E-state index < -0.39 is 23.9 Å². The number of nitrogens with one attached hydrogen (secondary N) is 1. The molecule has 0 radical (unpaired) electrons. The number of carbonyl (C=O) groups excluding carboxylic acids is 2. The Morgan fingerprint density at radius 1 is 1.33 bits per heavy atom. The molecule has 15 heavy (non-hydrogen) atoms. The van der Waals surface area contributed by atoms with Crippen LogP contribution in [-0.2, 0) is 19.1 Å². The second kappa shape index (κ2) is 6.80. The number of esters is 1. The zero-order valence-electron chi connectivity index (χ0n) is 8.78. The molecule has 1 unspecified atom stereocenters. The highest BCUT2D eigenvalue weighted by molar-refractivity contribution is 5.86. The fourth-order valence-corrected chi connectivity index (χ4v) is 0.957. The number of rotatable bonds is 6. The molecule has 0 rings (SSSR count). The predicted octanol–water partition coefficient (Wildman–Crippen LogP) is -0.0810. The van der Waals surface area contributed by atoms with Gasteiger partial charge in [0.25, 0.3) is 0 Å². The van der Waals surface area contributed by atoms with Gasteiger partial charge in [-0.15, -0.1) is 0 Å². The largest absolute Gasteiger partial charge is 0.481 e. The van der Waals surface area contributed by atoms with E-state index in [4.69, 9.17) is 5.11 Å². The summed E-state index contributed by atoms with van der Waals surface area (Å²) in [5.41, 5.74) is 0. The quantitative estimate of drug-likeness (QED) is 0.607. The van der Waals surface area contributed by atoms with Crippen molar-refractivity contribution >= 4 is 17.8 Å². The Kier molecular flexibility index (Phi) is 6.08. The molecule has 0 aliphatic rings. The molecule has 0 saturated carbocycles. The van der Waals surface area contributed by atoms with E-state index in [1.54, 1.807) is 6.92 Å². The van der Waals surface area contributed by atoms with Gasteiger partial charge in [0.2, 0.25) is 5.91 Å². The van der Waals surface area contributed by atoms with Crippen LogP contribution < -0.4 is 5.32 Å². The first-order valence-corrected chi connectivity index (χ1v) is 4.60. The third-order valence-corrected chi connectivity index (χ3v) is 1.80. The van der Waals surface area contributed by atoms with E-state index >= 15 is 0 Å². The van der Waals surface area contributed by atoms with Gasteiger partial charge >= 0.3 is 11.9 Å². The Labute approximate surface area is 87.6 Å². The lowest BCUT2D eigenvalue weighted by molar-refractivity contribution is -0.145. The Morgan fingerprint density at radius 3 is 2.33 bits per heavy atom. The van der Waals surface area contributed by atoms with E-state index in [1.807, 2.05) is 0 Å². The Balaban J connectivity index is 4.01. The molecule has 0 aromatic rings. The summed E-state index contributed by atoms with van der Waals surface area (Å²) >= 11 is 0. The van der Waals surface area contributed by atoms with Crippen LogP contribution in [0.2, 0.25) is 0 Å². The Bertz CT molecular complexity index is 251. The van der Waals surface area contributed by atoms with Gasteiger partial charge in [-0.3, -0.25) is 9.59 Å². The molecule has 0 aliphatic heterocycles. The van der Waals surface area contributed by atoms with E-state index in [0.717, 1.165) is 0 Å². The van der Waals surface area contributed by atoms with Crippen LogP contribution in [0.15, 0.2) is 0 Å². The van der Waals surface area contributed by atoms with Crippen molar-refractivity contribution in [2.75, 3.05) is 7.11 Å². The molecule has 0 aromatic heterocycles. The third kappa shape index (κ3) is 5.66. The maximum Gasteiger partial charge on any atom is 0.328 e. The van der Waals surface area contributed by atoms with Crippen molar-refractivity contribution in [3.05, 3.63) is 0 Å². The maximum atomic E-state index is 11.2. The first-order chi connectivity index (χ1) is 7.01. The van der Waals surface area contributed by atoms with Crippen molar-refractivity contribution in [3.8, 4) is 0 Å². The van der Waals surface area contributed by atoms with Gasteiger partial charge in [-0.1, -0.05) is 6.92 Å². The van der Waals surface area contributed by atoms with Crippen molar-refractivity contribution in [1.82, 2.24) is 5.32 Å². The summed E-state index contributed by atoms with van der Waals surface area (Å²) < 4.78 is 4.46. The number of ether oxygens (including phenoxy) is 1. The van der Waals surface area contributed by atoms with Crippen LogP contribution in [0.4, 0.5) is 0 Å². The smallest absolute Gasteiger partial charge is 0.328 e. The highest BCUT2D eigenvalue weighted by Crippen LogP contribution is 1.96. The summed E-state index contributed by atoms with van der Waals surface area (Å²) in [6.07, 6.45) is 0.0255. The Hall–Kier alpha value is -1.59. The minimum atomic E-state index is -1.05. The molecule has 0 aliphatic carbocycles. The molecule has 0 saturated heterocycles. The van der Waals surface area contributed by atoms with Crippen LogP contribution in [-0.4, -0.2) is 36.1 Å². The molecule has 6 heteroatoms. The van der Waals surface area contributed by atoms with Gasteiger partial charge < -0.3 is 15.2 Å².